The smallest absolute Gasteiger partial charge is 0.215 e. The molecule has 6 heteroatoms. The zero-order valence-corrected chi connectivity index (χ0v) is 11.4. The van der Waals surface area contributed by atoms with Crippen molar-refractivity contribution in [2.75, 3.05) is 19.8 Å². The van der Waals surface area contributed by atoms with E-state index in [0.29, 0.717) is 38.9 Å². The summed E-state index contributed by atoms with van der Waals surface area (Å²) in [6, 6.07) is 0. The average molecular weight is 265 g/mol. The minimum Gasteiger partial charge on any atom is -0.396 e. The van der Waals surface area contributed by atoms with Gasteiger partial charge in [0, 0.05) is 25.4 Å². The molecular weight excluding hydrogens is 242 g/mol. The quantitative estimate of drug-likeness (QED) is 0.739. The molecule has 1 heterocycles. The predicted molar refractivity (Wildman–Crippen MR) is 66.3 cm³/mol. The highest BCUT2D eigenvalue weighted by atomic mass is 32.2. The van der Waals surface area contributed by atoms with Crippen LogP contribution in [-0.4, -0.2) is 44.1 Å². The Bertz CT molecular complexity index is 324. The van der Waals surface area contributed by atoms with Crippen LogP contribution in [0, 0.1) is 0 Å². The lowest BCUT2D eigenvalue weighted by Gasteiger charge is -2.32. The van der Waals surface area contributed by atoms with E-state index in [1.54, 1.807) is 0 Å². The third-order valence-corrected chi connectivity index (χ3v) is 5.57. The van der Waals surface area contributed by atoms with Gasteiger partial charge in [-0.2, -0.15) is 0 Å². The molecular formula is C11H23NO4S. The highest BCUT2D eigenvalue weighted by Gasteiger charge is 2.34. The lowest BCUT2D eigenvalue weighted by Crippen LogP contribution is -2.50. The molecule has 2 N–H and O–H groups in total. The van der Waals surface area contributed by atoms with Gasteiger partial charge in [-0.25, -0.2) is 13.1 Å². The van der Waals surface area contributed by atoms with Crippen LogP contribution in [0.2, 0.25) is 0 Å². The van der Waals surface area contributed by atoms with E-state index in [2.05, 4.69) is 4.72 Å². The highest BCUT2D eigenvalue weighted by molar-refractivity contribution is 7.90. The average Bonchev–Trinajstić information content (AvgIpc) is 2.30. The molecule has 102 valence electrons. The van der Waals surface area contributed by atoms with Gasteiger partial charge >= 0.3 is 0 Å². The topological polar surface area (TPSA) is 75.6 Å². The molecule has 0 aliphatic carbocycles. The van der Waals surface area contributed by atoms with Gasteiger partial charge in [-0.05, 0) is 32.6 Å². The number of aliphatic hydroxyl groups excluding tert-OH is 1. The Labute approximate surface area is 104 Å². The Morgan fingerprint density at radius 3 is 2.47 bits per heavy atom. The molecule has 1 aliphatic heterocycles. The van der Waals surface area contributed by atoms with E-state index in [9.17, 15) is 8.42 Å². The second kappa shape index (κ2) is 6.13. The van der Waals surface area contributed by atoms with Gasteiger partial charge < -0.3 is 9.84 Å². The first-order valence-corrected chi connectivity index (χ1v) is 7.69. The number of rotatable bonds is 6. The van der Waals surface area contributed by atoms with Crippen molar-refractivity contribution in [2.24, 2.45) is 0 Å². The van der Waals surface area contributed by atoms with E-state index >= 15 is 0 Å². The molecule has 1 aliphatic rings. The minimum atomic E-state index is -3.32. The molecule has 0 radical (unpaired) electrons. The molecule has 1 unspecified atom stereocenters. The van der Waals surface area contributed by atoms with Gasteiger partial charge in [-0.3, -0.25) is 0 Å². The highest BCUT2D eigenvalue weighted by Crippen LogP contribution is 2.21. The van der Waals surface area contributed by atoms with Crippen LogP contribution in [0.25, 0.3) is 0 Å². The monoisotopic (exact) mass is 265 g/mol. The third-order valence-electron chi connectivity index (χ3n) is 3.44. The van der Waals surface area contributed by atoms with Crippen molar-refractivity contribution in [2.45, 2.75) is 50.3 Å². The minimum absolute atomic E-state index is 0.0133. The van der Waals surface area contributed by atoms with Gasteiger partial charge in [0.25, 0.3) is 0 Å². The number of ether oxygens (including phenoxy) is 1. The molecule has 0 bridgehead atoms. The van der Waals surface area contributed by atoms with Crippen LogP contribution in [0.1, 0.15) is 39.5 Å². The van der Waals surface area contributed by atoms with Crippen LogP contribution in [0.3, 0.4) is 0 Å². The zero-order chi connectivity index (χ0) is 12.9. The summed E-state index contributed by atoms with van der Waals surface area (Å²) in [7, 11) is -3.32. The van der Waals surface area contributed by atoms with Gasteiger partial charge in [-0.1, -0.05) is 6.92 Å². The standard InChI is InChI=1S/C11H23NO4S/c1-3-11(2,6-7-13)12-17(14,15)10-4-8-16-9-5-10/h10,12-13H,3-9H2,1-2H3. The van der Waals surface area contributed by atoms with E-state index < -0.39 is 15.6 Å². The van der Waals surface area contributed by atoms with Crippen LogP contribution in [-0.2, 0) is 14.8 Å². The number of hydrogen-bond acceptors (Lipinski definition) is 4. The fourth-order valence-electron chi connectivity index (χ4n) is 1.96. The van der Waals surface area contributed by atoms with E-state index in [1.165, 1.54) is 0 Å². The molecule has 0 spiro atoms. The Balaban J connectivity index is 2.69. The number of hydrogen-bond donors (Lipinski definition) is 2. The Morgan fingerprint density at radius 1 is 1.41 bits per heavy atom. The van der Waals surface area contributed by atoms with Crippen LogP contribution in [0.5, 0.6) is 0 Å². The number of nitrogens with one attached hydrogen (secondary N) is 1. The molecule has 0 aromatic rings. The normalized spacial score (nSPS) is 22.3. The second-order valence-corrected chi connectivity index (χ2v) is 6.81. The molecule has 0 amide bonds. The first kappa shape index (κ1) is 14.9. The van der Waals surface area contributed by atoms with Crippen LogP contribution >= 0.6 is 0 Å². The summed E-state index contributed by atoms with van der Waals surface area (Å²) in [6.07, 6.45) is 2.20. The zero-order valence-electron chi connectivity index (χ0n) is 10.6. The van der Waals surface area contributed by atoms with Gasteiger partial charge in [0.15, 0.2) is 0 Å². The van der Waals surface area contributed by atoms with Crippen molar-refractivity contribution >= 4 is 10.0 Å². The largest absolute Gasteiger partial charge is 0.396 e. The van der Waals surface area contributed by atoms with Crippen molar-refractivity contribution in [3.63, 3.8) is 0 Å². The van der Waals surface area contributed by atoms with E-state index in [1.807, 2.05) is 13.8 Å². The van der Waals surface area contributed by atoms with Gasteiger partial charge in [0.2, 0.25) is 10.0 Å². The molecule has 1 atom stereocenters. The first-order valence-electron chi connectivity index (χ1n) is 6.15. The lowest BCUT2D eigenvalue weighted by molar-refractivity contribution is 0.0978. The Morgan fingerprint density at radius 2 is 2.00 bits per heavy atom. The predicted octanol–water partition coefficient (Wildman–Crippen LogP) is 0.636. The summed E-state index contributed by atoms with van der Waals surface area (Å²) in [5.41, 5.74) is -0.550. The van der Waals surface area contributed by atoms with Crippen LogP contribution in [0.4, 0.5) is 0 Å². The molecule has 1 fully saturated rings. The van der Waals surface area contributed by atoms with Crippen molar-refractivity contribution in [1.29, 1.82) is 0 Å². The summed E-state index contributed by atoms with van der Waals surface area (Å²) in [4.78, 5) is 0. The number of sulfonamides is 1. The SMILES string of the molecule is CCC(C)(CCO)NS(=O)(=O)C1CCOCC1. The van der Waals surface area contributed by atoms with Crippen molar-refractivity contribution < 1.29 is 18.3 Å². The maximum atomic E-state index is 12.2. The molecule has 0 saturated carbocycles. The van der Waals surface area contributed by atoms with Crippen molar-refractivity contribution in [1.82, 2.24) is 4.72 Å². The molecule has 0 aromatic carbocycles. The summed E-state index contributed by atoms with van der Waals surface area (Å²) in [5, 5.41) is 8.62. The molecule has 1 saturated heterocycles. The van der Waals surface area contributed by atoms with E-state index in [0.717, 1.165) is 0 Å². The summed E-state index contributed by atoms with van der Waals surface area (Å²) in [5.74, 6) is 0. The van der Waals surface area contributed by atoms with Crippen LogP contribution < -0.4 is 4.72 Å². The summed E-state index contributed by atoms with van der Waals surface area (Å²) < 4.78 is 32.3. The third kappa shape index (κ3) is 4.21. The fourth-order valence-corrected chi connectivity index (χ4v) is 3.87. The van der Waals surface area contributed by atoms with Gasteiger partial charge in [0.05, 0.1) is 5.25 Å². The summed E-state index contributed by atoms with van der Waals surface area (Å²) in [6.45, 7) is 4.76. The van der Waals surface area contributed by atoms with Gasteiger partial charge in [0.1, 0.15) is 0 Å². The number of aliphatic hydroxyl groups is 1. The van der Waals surface area contributed by atoms with E-state index in [4.69, 9.17) is 9.84 Å². The van der Waals surface area contributed by atoms with Crippen LogP contribution in [0.15, 0.2) is 0 Å². The maximum Gasteiger partial charge on any atom is 0.215 e. The van der Waals surface area contributed by atoms with Gasteiger partial charge in [-0.15, -0.1) is 0 Å². The Kier molecular flexibility index (Phi) is 5.37. The Hall–Kier alpha value is -0.170. The fraction of sp³-hybridized carbons (Fsp3) is 1.00. The molecule has 1 rings (SSSR count). The lowest BCUT2D eigenvalue weighted by atomic mass is 9.97. The van der Waals surface area contributed by atoms with Crippen molar-refractivity contribution in [3.05, 3.63) is 0 Å². The summed E-state index contributed by atoms with van der Waals surface area (Å²) >= 11 is 0. The first-order chi connectivity index (χ1) is 7.93. The molecule has 0 aromatic heterocycles. The molecule has 5 nitrogen and oxygen atoms in total. The molecule has 17 heavy (non-hydrogen) atoms. The van der Waals surface area contributed by atoms with E-state index in [-0.39, 0.29) is 11.9 Å². The maximum absolute atomic E-state index is 12.2. The van der Waals surface area contributed by atoms with Crippen molar-refractivity contribution in [3.8, 4) is 0 Å². The second-order valence-electron chi connectivity index (χ2n) is 4.85.